The molecule has 1 atom stereocenters. The zero-order valence-corrected chi connectivity index (χ0v) is 19.3. The molecule has 2 N–H and O–H groups in total. The molecule has 0 saturated carbocycles. The molecule has 1 aromatic heterocycles. The standard InChI is InChI=1S/C24H31N3O6/c1-16(2)11-14-33-19-10-9-17(15-21(19)31-3)22(28)25-26-23(29)18-7-4-5-12-27(18)24(30)20-8-6-13-32-20/h6,8-10,13,15-16,18H,4-5,7,11-12,14H2,1-3H3,(H,25,28)(H,26,29). The highest BCUT2D eigenvalue weighted by Crippen LogP contribution is 2.28. The number of furan rings is 1. The first kappa shape index (κ1) is 24.2. The zero-order valence-electron chi connectivity index (χ0n) is 19.3. The van der Waals surface area contributed by atoms with E-state index in [9.17, 15) is 14.4 Å². The highest BCUT2D eigenvalue weighted by molar-refractivity contribution is 5.98. The van der Waals surface area contributed by atoms with Gasteiger partial charge in [0, 0.05) is 12.1 Å². The molecule has 33 heavy (non-hydrogen) atoms. The van der Waals surface area contributed by atoms with Gasteiger partial charge < -0.3 is 18.8 Å². The number of hydrogen-bond donors (Lipinski definition) is 2. The number of carbonyl (C=O) groups is 3. The first-order chi connectivity index (χ1) is 15.9. The maximum atomic E-state index is 12.8. The van der Waals surface area contributed by atoms with Gasteiger partial charge in [0.25, 0.3) is 17.7 Å². The molecule has 0 bridgehead atoms. The fourth-order valence-corrected chi connectivity index (χ4v) is 3.60. The van der Waals surface area contributed by atoms with Gasteiger partial charge in [-0.05, 0) is 61.9 Å². The van der Waals surface area contributed by atoms with Crippen LogP contribution in [0.2, 0.25) is 0 Å². The van der Waals surface area contributed by atoms with Crippen LogP contribution in [0.4, 0.5) is 0 Å². The Kier molecular flexibility index (Phi) is 8.34. The Balaban J connectivity index is 1.59. The molecule has 9 nitrogen and oxygen atoms in total. The molecular formula is C24H31N3O6. The topological polar surface area (TPSA) is 110 Å². The van der Waals surface area contributed by atoms with E-state index in [0.717, 1.165) is 19.3 Å². The Morgan fingerprint density at radius 1 is 1.15 bits per heavy atom. The minimum Gasteiger partial charge on any atom is -0.493 e. The number of ether oxygens (including phenoxy) is 2. The molecule has 1 unspecified atom stereocenters. The van der Waals surface area contributed by atoms with Crippen LogP contribution >= 0.6 is 0 Å². The summed E-state index contributed by atoms with van der Waals surface area (Å²) in [4.78, 5) is 39.5. The molecule has 0 aliphatic carbocycles. The number of hydrogen-bond acceptors (Lipinski definition) is 6. The lowest BCUT2D eigenvalue weighted by atomic mass is 10.0. The summed E-state index contributed by atoms with van der Waals surface area (Å²) in [7, 11) is 1.50. The summed E-state index contributed by atoms with van der Waals surface area (Å²) in [5.74, 6) is 0.372. The largest absolute Gasteiger partial charge is 0.493 e. The number of nitrogens with zero attached hydrogens (tertiary/aromatic N) is 1. The molecule has 1 aliphatic rings. The minimum atomic E-state index is -0.692. The van der Waals surface area contributed by atoms with Crippen molar-refractivity contribution in [1.82, 2.24) is 15.8 Å². The lowest BCUT2D eigenvalue weighted by Gasteiger charge is -2.34. The van der Waals surface area contributed by atoms with E-state index >= 15 is 0 Å². The quantitative estimate of drug-likeness (QED) is 0.589. The maximum absolute atomic E-state index is 12.8. The van der Waals surface area contributed by atoms with Crippen LogP contribution in [0.1, 0.15) is 60.4 Å². The van der Waals surface area contributed by atoms with Crippen molar-refractivity contribution in [1.29, 1.82) is 0 Å². The SMILES string of the molecule is COc1cc(C(=O)NNC(=O)C2CCCCN2C(=O)c2ccco2)ccc1OCCC(C)C. The predicted molar refractivity (Wildman–Crippen MR) is 121 cm³/mol. The van der Waals surface area contributed by atoms with Gasteiger partial charge in [-0.1, -0.05) is 13.8 Å². The lowest BCUT2D eigenvalue weighted by Crippen LogP contribution is -2.55. The van der Waals surface area contributed by atoms with Crippen LogP contribution in [0.3, 0.4) is 0 Å². The van der Waals surface area contributed by atoms with Gasteiger partial charge in [-0.25, -0.2) is 0 Å². The van der Waals surface area contributed by atoms with E-state index in [4.69, 9.17) is 13.9 Å². The molecule has 1 fully saturated rings. The van der Waals surface area contributed by atoms with Crippen molar-refractivity contribution in [3.8, 4) is 11.5 Å². The van der Waals surface area contributed by atoms with Crippen LogP contribution in [0.5, 0.6) is 11.5 Å². The summed E-state index contributed by atoms with van der Waals surface area (Å²) in [6.07, 6.45) is 4.43. The third kappa shape index (κ3) is 6.27. The fraction of sp³-hybridized carbons (Fsp3) is 0.458. The van der Waals surface area contributed by atoms with Gasteiger partial charge in [0.15, 0.2) is 17.3 Å². The van der Waals surface area contributed by atoms with Crippen molar-refractivity contribution < 1.29 is 28.3 Å². The average Bonchev–Trinajstić information content (AvgIpc) is 3.36. The number of piperidine rings is 1. The molecule has 0 spiro atoms. The van der Waals surface area contributed by atoms with Crippen molar-refractivity contribution in [3.63, 3.8) is 0 Å². The Labute approximate surface area is 193 Å². The van der Waals surface area contributed by atoms with Gasteiger partial charge in [0.2, 0.25) is 0 Å². The third-order valence-corrected chi connectivity index (χ3v) is 5.48. The van der Waals surface area contributed by atoms with E-state index in [-0.39, 0.29) is 11.7 Å². The van der Waals surface area contributed by atoms with E-state index in [2.05, 4.69) is 24.7 Å². The van der Waals surface area contributed by atoms with Crippen LogP contribution in [0, 0.1) is 5.92 Å². The lowest BCUT2D eigenvalue weighted by molar-refractivity contribution is -0.127. The first-order valence-electron chi connectivity index (χ1n) is 11.2. The van der Waals surface area contributed by atoms with Gasteiger partial charge in [0.05, 0.1) is 20.0 Å². The van der Waals surface area contributed by atoms with Gasteiger partial charge in [-0.3, -0.25) is 25.2 Å². The van der Waals surface area contributed by atoms with Gasteiger partial charge in [-0.15, -0.1) is 0 Å². The van der Waals surface area contributed by atoms with Crippen LogP contribution in [0.15, 0.2) is 41.0 Å². The summed E-state index contributed by atoms with van der Waals surface area (Å²) < 4.78 is 16.3. The number of rotatable bonds is 8. The monoisotopic (exact) mass is 457 g/mol. The van der Waals surface area contributed by atoms with E-state index < -0.39 is 17.9 Å². The molecular weight excluding hydrogens is 426 g/mol. The molecule has 0 radical (unpaired) electrons. The van der Waals surface area contributed by atoms with E-state index in [1.807, 2.05) is 0 Å². The normalized spacial score (nSPS) is 15.8. The van der Waals surface area contributed by atoms with Crippen LogP contribution in [-0.2, 0) is 4.79 Å². The summed E-state index contributed by atoms with van der Waals surface area (Å²) in [6, 6.07) is 7.32. The molecule has 1 aromatic carbocycles. The predicted octanol–water partition coefficient (Wildman–Crippen LogP) is 3.17. The Bertz CT molecular complexity index is 957. The summed E-state index contributed by atoms with van der Waals surface area (Å²) in [6.45, 7) is 5.22. The number of amides is 3. The molecule has 9 heteroatoms. The number of likely N-dealkylation sites (tertiary alicyclic amines) is 1. The van der Waals surface area contributed by atoms with Gasteiger partial charge in [-0.2, -0.15) is 0 Å². The van der Waals surface area contributed by atoms with Crippen molar-refractivity contribution in [2.75, 3.05) is 20.3 Å². The zero-order chi connectivity index (χ0) is 23.8. The first-order valence-corrected chi connectivity index (χ1v) is 11.2. The van der Waals surface area contributed by atoms with Crippen LogP contribution < -0.4 is 20.3 Å². The number of carbonyl (C=O) groups excluding carboxylic acids is 3. The second-order valence-corrected chi connectivity index (χ2v) is 8.33. The molecule has 1 aliphatic heterocycles. The highest BCUT2D eigenvalue weighted by atomic mass is 16.5. The van der Waals surface area contributed by atoms with E-state index in [1.54, 1.807) is 30.3 Å². The Morgan fingerprint density at radius 2 is 1.97 bits per heavy atom. The van der Waals surface area contributed by atoms with Crippen LogP contribution in [0.25, 0.3) is 0 Å². The average molecular weight is 458 g/mol. The molecule has 2 aromatic rings. The van der Waals surface area contributed by atoms with Crippen molar-refractivity contribution in [3.05, 3.63) is 47.9 Å². The molecule has 178 valence electrons. The smallest absolute Gasteiger partial charge is 0.290 e. The molecule has 3 rings (SSSR count). The molecule has 3 amide bonds. The summed E-state index contributed by atoms with van der Waals surface area (Å²) in [5, 5.41) is 0. The fourth-order valence-electron chi connectivity index (χ4n) is 3.60. The highest BCUT2D eigenvalue weighted by Gasteiger charge is 2.34. The Hall–Kier alpha value is -3.49. The summed E-state index contributed by atoms with van der Waals surface area (Å²) in [5.41, 5.74) is 5.17. The van der Waals surface area contributed by atoms with E-state index in [1.165, 1.54) is 18.3 Å². The minimum absolute atomic E-state index is 0.182. The van der Waals surface area contributed by atoms with Gasteiger partial charge >= 0.3 is 0 Å². The van der Waals surface area contributed by atoms with Crippen molar-refractivity contribution >= 4 is 17.7 Å². The van der Waals surface area contributed by atoms with Crippen molar-refractivity contribution in [2.45, 2.75) is 45.6 Å². The van der Waals surface area contributed by atoms with Gasteiger partial charge in [0.1, 0.15) is 6.04 Å². The third-order valence-electron chi connectivity index (χ3n) is 5.48. The summed E-state index contributed by atoms with van der Waals surface area (Å²) >= 11 is 0. The van der Waals surface area contributed by atoms with E-state index in [0.29, 0.717) is 42.6 Å². The second-order valence-electron chi connectivity index (χ2n) is 8.33. The van der Waals surface area contributed by atoms with Crippen LogP contribution in [-0.4, -0.2) is 48.9 Å². The molecule has 2 heterocycles. The van der Waals surface area contributed by atoms with Crippen molar-refractivity contribution in [2.24, 2.45) is 5.92 Å². The maximum Gasteiger partial charge on any atom is 0.290 e. The number of methoxy groups -OCH3 is 1. The Morgan fingerprint density at radius 3 is 2.67 bits per heavy atom. The number of benzene rings is 1. The number of nitrogens with one attached hydrogen (secondary N) is 2. The molecule has 1 saturated heterocycles. The number of hydrazine groups is 1. The second kappa shape index (κ2) is 11.4.